The molecular weight excluding hydrogens is 368 g/mol. The molecule has 7 nitrogen and oxygen atoms in total. The van der Waals surface area contributed by atoms with Crippen LogP contribution in [0.1, 0.15) is 28.1 Å². The molecule has 0 saturated heterocycles. The van der Waals surface area contributed by atoms with E-state index in [2.05, 4.69) is 10.2 Å². The van der Waals surface area contributed by atoms with E-state index < -0.39 is 5.97 Å². The molecule has 0 fully saturated rings. The van der Waals surface area contributed by atoms with Crippen LogP contribution in [0.5, 0.6) is 11.5 Å². The predicted octanol–water partition coefficient (Wildman–Crippen LogP) is 3.07. The van der Waals surface area contributed by atoms with Crippen molar-refractivity contribution in [3.05, 3.63) is 40.1 Å². The first-order valence-corrected chi connectivity index (χ1v) is 9.58. The van der Waals surface area contributed by atoms with Gasteiger partial charge in [-0.3, -0.25) is 9.69 Å². The highest BCUT2D eigenvalue weighted by Gasteiger charge is 2.19. The Morgan fingerprint density at radius 3 is 3.00 bits per heavy atom. The van der Waals surface area contributed by atoms with Gasteiger partial charge in [-0.25, -0.2) is 4.79 Å². The number of carbonyl (C=O) groups is 2. The number of fused-ring (bicyclic) bond motifs is 1. The van der Waals surface area contributed by atoms with E-state index >= 15 is 0 Å². The van der Waals surface area contributed by atoms with Crippen LogP contribution >= 0.6 is 11.3 Å². The van der Waals surface area contributed by atoms with Gasteiger partial charge < -0.3 is 19.9 Å². The number of carboxylic acid groups (broad SMARTS) is 1. The summed E-state index contributed by atoms with van der Waals surface area (Å²) in [4.78, 5) is 25.7. The Hall–Kier alpha value is -2.58. The molecule has 0 atom stereocenters. The molecule has 1 amide bonds. The molecule has 144 valence electrons. The number of rotatable bonds is 6. The monoisotopic (exact) mass is 390 g/mol. The molecule has 0 saturated carbocycles. The number of thiophene rings is 1. The number of nitrogens with zero attached hydrogens (tertiary/aromatic N) is 1. The van der Waals surface area contributed by atoms with E-state index in [-0.39, 0.29) is 17.2 Å². The second-order valence-corrected chi connectivity index (χ2v) is 7.11. The number of nitrogens with one attached hydrogen (secondary N) is 1. The minimum Gasteiger partial charge on any atom is -0.493 e. The maximum Gasteiger partial charge on any atom is 0.348 e. The summed E-state index contributed by atoms with van der Waals surface area (Å²) in [7, 11) is 1.62. The summed E-state index contributed by atoms with van der Waals surface area (Å²) >= 11 is 1.10. The molecule has 1 aliphatic rings. The molecular formula is C19H22N2O5S. The second kappa shape index (κ2) is 8.88. The van der Waals surface area contributed by atoms with Gasteiger partial charge in [-0.05, 0) is 23.9 Å². The highest BCUT2D eigenvalue weighted by molar-refractivity contribution is 7.12. The maximum atomic E-state index is 12.3. The summed E-state index contributed by atoms with van der Waals surface area (Å²) in [5.41, 5.74) is 1.38. The fourth-order valence-electron chi connectivity index (χ4n) is 3.03. The second-order valence-electron chi connectivity index (χ2n) is 6.19. The molecule has 2 heterocycles. The first-order valence-electron chi connectivity index (χ1n) is 8.70. The van der Waals surface area contributed by atoms with E-state index in [1.54, 1.807) is 18.6 Å². The maximum absolute atomic E-state index is 12.3. The molecule has 0 radical (unpaired) electrons. The van der Waals surface area contributed by atoms with Gasteiger partial charge >= 0.3 is 5.97 Å². The Morgan fingerprint density at radius 2 is 2.22 bits per heavy atom. The van der Waals surface area contributed by atoms with Gasteiger partial charge in [0.05, 0.1) is 19.4 Å². The Morgan fingerprint density at radius 1 is 1.37 bits per heavy atom. The highest BCUT2D eigenvalue weighted by atomic mass is 32.1. The lowest BCUT2D eigenvalue weighted by molar-refractivity contribution is -0.116. The van der Waals surface area contributed by atoms with Crippen LogP contribution in [0, 0.1) is 0 Å². The number of amides is 1. The molecule has 0 aliphatic carbocycles. The number of carbonyl (C=O) groups excluding carboxylic acids is 1. The van der Waals surface area contributed by atoms with E-state index in [9.17, 15) is 9.59 Å². The largest absolute Gasteiger partial charge is 0.493 e. The van der Waals surface area contributed by atoms with Gasteiger partial charge in [0.1, 0.15) is 4.88 Å². The van der Waals surface area contributed by atoms with Crippen LogP contribution in [0.15, 0.2) is 29.6 Å². The van der Waals surface area contributed by atoms with Crippen molar-refractivity contribution in [2.24, 2.45) is 0 Å². The van der Waals surface area contributed by atoms with Crippen LogP contribution in [0.3, 0.4) is 0 Å². The number of hydrogen-bond acceptors (Lipinski definition) is 6. The molecule has 0 unspecified atom stereocenters. The average molecular weight is 390 g/mol. The lowest BCUT2D eigenvalue weighted by Crippen LogP contribution is -2.31. The van der Waals surface area contributed by atoms with Crippen molar-refractivity contribution in [1.29, 1.82) is 0 Å². The molecule has 1 aromatic carbocycles. The Balaban J connectivity index is 1.61. The van der Waals surface area contributed by atoms with Gasteiger partial charge in [-0.15, -0.1) is 11.3 Å². The number of para-hydroxylation sites is 1. The first kappa shape index (κ1) is 19.2. The molecule has 3 rings (SSSR count). The van der Waals surface area contributed by atoms with Crippen molar-refractivity contribution in [3.8, 4) is 11.5 Å². The van der Waals surface area contributed by atoms with E-state index in [1.165, 1.54) is 0 Å². The number of anilines is 1. The molecule has 2 aromatic rings. The zero-order valence-corrected chi connectivity index (χ0v) is 15.9. The zero-order valence-electron chi connectivity index (χ0n) is 15.1. The lowest BCUT2D eigenvalue weighted by atomic mass is 10.1. The van der Waals surface area contributed by atoms with Crippen molar-refractivity contribution in [3.63, 3.8) is 0 Å². The number of methoxy groups -OCH3 is 1. The third-order valence-corrected chi connectivity index (χ3v) is 5.23. The lowest BCUT2D eigenvalue weighted by Gasteiger charge is -2.27. The molecule has 2 N–H and O–H groups in total. The number of carboxylic acids is 1. The topological polar surface area (TPSA) is 88.1 Å². The Bertz CT molecular complexity index is 820. The van der Waals surface area contributed by atoms with Crippen molar-refractivity contribution in [1.82, 2.24) is 4.90 Å². The third kappa shape index (κ3) is 4.78. The Kier molecular flexibility index (Phi) is 6.31. The molecule has 0 bridgehead atoms. The molecule has 8 heteroatoms. The SMILES string of the molecule is COc1cccc2c1OCCCN(CCC(=O)Nc1ccsc1C(=O)O)C2. The summed E-state index contributed by atoms with van der Waals surface area (Å²) in [6, 6.07) is 7.42. The number of ether oxygens (including phenoxy) is 2. The Labute approximate surface area is 161 Å². The third-order valence-electron chi connectivity index (χ3n) is 4.33. The standard InChI is InChI=1S/C19H22N2O5S/c1-25-15-5-2-4-13-12-21(8-3-10-26-17(13)15)9-6-16(22)20-14-7-11-27-18(14)19(23)24/h2,4-5,7,11H,3,6,8-10,12H2,1H3,(H,20,22)(H,23,24). The van der Waals surface area contributed by atoms with E-state index in [0.29, 0.717) is 31.1 Å². The summed E-state index contributed by atoms with van der Waals surface area (Å²) in [5, 5.41) is 13.5. The average Bonchev–Trinajstić information content (AvgIpc) is 3.09. The van der Waals surface area contributed by atoms with Crippen molar-refractivity contribution < 1.29 is 24.2 Å². The summed E-state index contributed by atoms with van der Waals surface area (Å²) in [6.07, 6.45) is 1.14. The van der Waals surface area contributed by atoms with Crippen molar-refractivity contribution in [2.45, 2.75) is 19.4 Å². The smallest absolute Gasteiger partial charge is 0.348 e. The van der Waals surface area contributed by atoms with Gasteiger partial charge in [-0.2, -0.15) is 0 Å². The summed E-state index contributed by atoms with van der Waals surface area (Å²) in [6.45, 7) is 2.66. The minimum absolute atomic E-state index is 0.146. The fraction of sp³-hybridized carbons (Fsp3) is 0.368. The highest BCUT2D eigenvalue weighted by Crippen LogP contribution is 2.33. The van der Waals surface area contributed by atoms with Gasteiger partial charge in [0, 0.05) is 31.6 Å². The van der Waals surface area contributed by atoms with Crippen LogP contribution in [0.2, 0.25) is 0 Å². The fourth-order valence-corrected chi connectivity index (χ4v) is 3.72. The van der Waals surface area contributed by atoms with Crippen LogP contribution in [0.4, 0.5) is 5.69 Å². The number of benzene rings is 1. The van der Waals surface area contributed by atoms with Gasteiger partial charge in [0.15, 0.2) is 11.5 Å². The first-order chi connectivity index (χ1) is 13.1. The van der Waals surface area contributed by atoms with Gasteiger partial charge in [0.2, 0.25) is 5.91 Å². The quantitative estimate of drug-likeness (QED) is 0.788. The molecule has 27 heavy (non-hydrogen) atoms. The van der Waals surface area contributed by atoms with E-state index in [0.717, 1.165) is 35.6 Å². The minimum atomic E-state index is -1.03. The van der Waals surface area contributed by atoms with Gasteiger partial charge in [-0.1, -0.05) is 12.1 Å². The van der Waals surface area contributed by atoms with Crippen LogP contribution in [0.25, 0.3) is 0 Å². The van der Waals surface area contributed by atoms with Crippen LogP contribution in [-0.2, 0) is 11.3 Å². The van der Waals surface area contributed by atoms with Gasteiger partial charge in [0.25, 0.3) is 0 Å². The summed E-state index contributed by atoms with van der Waals surface area (Å²) in [5.74, 6) is 0.249. The normalized spacial score (nSPS) is 14.4. The molecule has 1 aromatic heterocycles. The number of hydrogen-bond donors (Lipinski definition) is 2. The number of aromatic carboxylic acids is 1. The van der Waals surface area contributed by atoms with Crippen LogP contribution in [-0.4, -0.2) is 48.7 Å². The van der Waals surface area contributed by atoms with Crippen LogP contribution < -0.4 is 14.8 Å². The zero-order chi connectivity index (χ0) is 19.2. The summed E-state index contributed by atoms with van der Waals surface area (Å²) < 4.78 is 11.2. The van der Waals surface area contributed by atoms with E-state index in [4.69, 9.17) is 14.6 Å². The predicted molar refractivity (Wildman–Crippen MR) is 103 cm³/mol. The van der Waals surface area contributed by atoms with E-state index in [1.807, 2.05) is 18.2 Å². The van der Waals surface area contributed by atoms with Crippen molar-refractivity contribution in [2.75, 3.05) is 32.1 Å². The van der Waals surface area contributed by atoms with Crippen molar-refractivity contribution >= 4 is 28.9 Å². The molecule has 1 aliphatic heterocycles. The molecule has 0 spiro atoms.